The zero-order chi connectivity index (χ0) is 22.1. The molecule has 1 fully saturated rings. The third-order valence-electron chi connectivity index (χ3n) is 4.97. The van der Waals surface area contributed by atoms with E-state index in [2.05, 4.69) is 4.90 Å². The molecule has 7 nitrogen and oxygen atoms in total. The van der Waals surface area contributed by atoms with Gasteiger partial charge in [-0.2, -0.15) is 0 Å². The van der Waals surface area contributed by atoms with Crippen LogP contribution in [0.3, 0.4) is 0 Å². The topological polar surface area (TPSA) is 88.1 Å². The molecule has 2 aromatic rings. The molecule has 0 unspecified atom stereocenters. The highest BCUT2D eigenvalue weighted by Gasteiger charge is 2.14. The molecule has 1 aliphatic rings. The van der Waals surface area contributed by atoms with E-state index in [-0.39, 0.29) is 5.78 Å². The maximum atomic E-state index is 12.6. The van der Waals surface area contributed by atoms with Crippen molar-refractivity contribution in [1.82, 2.24) is 10.4 Å². The van der Waals surface area contributed by atoms with Crippen molar-refractivity contribution in [2.45, 2.75) is 6.54 Å². The number of benzene rings is 2. The van der Waals surface area contributed by atoms with Crippen LogP contribution in [0.15, 0.2) is 54.6 Å². The summed E-state index contributed by atoms with van der Waals surface area (Å²) in [6.07, 6.45) is 6.07. The Labute approximate surface area is 181 Å². The van der Waals surface area contributed by atoms with Crippen LogP contribution in [0.2, 0.25) is 0 Å². The fourth-order valence-corrected chi connectivity index (χ4v) is 3.22. The number of methoxy groups -OCH3 is 1. The predicted octanol–water partition coefficient (Wildman–Crippen LogP) is 2.94. The zero-order valence-corrected chi connectivity index (χ0v) is 17.4. The van der Waals surface area contributed by atoms with Crippen LogP contribution in [0.1, 0.15) is 27.0 Å². The Kier molecular flexibility index (Phi) is 8.12. The van der Waals surface area contributed by atoms with Gasteiger partial charge in [-0.1, -0.05) is 42.5 Å². The minimum Gasteiger partial charge on any atom is -0.496 e. The minimum absolute atomic E-state index is 0.111. The van der Waals surface area contributed by atoms with Crippen molar-refractivity contribution in [1.29, 1.82) is 0 Å². The first-order chi connectivity index (χ1) is 15.1. The van der Waals surface area contributed by atoms with Gasteiger partial charge in [-0.3, -0.25) is 19.7 Å². The van der Waals surface area contributed by atoms with Crippen LogP contribution >= 0.6 is 0 Å². The van der Waals surface area contributed by atoms with E-state index in [4.69, 9.17) is 14.7 Å². The van der Waals surface area contributed by atoms with Crippen molar-refractivity contribution in [3.63, 3.8) is 0 Å². The second kappa shape index (κ2) is 11.2. The van der Waals surface area contributed by atoms with Crippen molar-refractivity contribution in [3.05, 3.63) is 76.9 Å². The number of carbonyl (C=O) groups excluding carboxylic acids is 2. The van der Waals surface area contributed by atoms with Gasteiger partial charge >= 0.3 is 0 Å². The van der Waals surface area contributed by atoms with E-state index in [0.717, 1.165) is 49.5 Å². The Hall–Kier alpha value is -3.26. The highest BCUT2D eigenvalue weighted by atomic mass is 16.5. The van der Waals surface area contributed by atoms with Gasteiger partial charge in [-0.25, -0.2) is 5.48 Å². The van der Waals surface area contributed by atoms with Crippen LogP contribution in [-0.4, -0.2) is 55.2 Å². The number of morpholine rings is 1. The Morgan fingerprint density at radius 2 is 1.71 bits per heavy atom. The molecule has 3 rings (SSSR count). The third-order valence-corrected chi connectivity index (χ3v) is 4.97. The monoisotopic (exact) mass is 422 g/mol. The molecule has 2 aromatic carbocycles. The number of nitrogens with one attached hydrogen (secondary N) is 1. The van der Waals surface area contributed by atoms with Crippen LogP contribution in [0.25, 0.3) is 12.2 Å². The number of amides is 1. The highest BCUT2D eigenvalue weighted by Crippen LogP contribution is 2.23. The molecule has 1 heterocycles. The fourth-order valence-electron chi connectivity index (χ4n) is 3.22. The molecule has 0 saturated carbocycles. The van der Waals surface area contributed by atoms with E-state index < -0.39 is 5.91 Å². The van der Waals surface area contributed by atoms with E-state index in [1.54, 1.807) is 25.3 Å². The summed E-state index contributed by atoms with van der Waals surface area (Å²) in [5.41, 5.74) is 4.80. The lowest BCUT2D eigenvalue weighted by Crippen LogP contribution is -2.35. The summed E-state index contributed by atoms with van der Waals surface area (Å²) in [6.45, 7) is 4.00. The maximum absolute atomic E-state index is 12.6. The number of hydrogen-bond acceptors (Lipinski definition) is 6. The van der Waals surface area contributed by atoms with Gasteiger partial charge in [-0.05, 0) is 29.3 Å². The van der Waals surface area contributed by atoms with Crippen LogP contribution in [0.5, 0.6) is 5.75 Å². The molecule has 7 heteroatoms. The molecule has 1 aliphatic heterocycles. The summed E-state index contributed by atoms with van der Waals surface area (Å²) in [4.78, 5) is 25.9. The molecule has 31 heavy (non-hydrogen) atoms. The number of ether oxygens (including phenoxy) is 2. The number of allylic oxidation sites excluding steroid dienone is 1. The van der Waals surface area contributed by atoms with E-state index in [9.17, 15) is 9.59 Å². The van der Waals surface area contributed by atoms with Crippen molar-refractivity contribution in [3.8, 4) is 5.75 Å². The molecule has 0 bridgehead atoms. The number of hydroxylamine groups is 1. The molecule has 1 saturated heterocycles. The lowest BCUT2D eigenvalue weighted by molar-refractivity contribution is -0.124. The summed E-state index contributed by atoms with van der Waals surface area (Å²) in [6, 6.07) is 12.9. The molecule has 1 amide bonds. The molecule has 0 aliphatic carbocycles. The number of nitrogens with zero attached hydrogens (tertiary/aromatic N) is 1. The Bertz CT molecular complexity index is 960. The smallest absolute Gasteiger partial charge is 0.267 e. The van der Waals surface area contributed by atoms with Crippen molar-refractivity contribution >= 4 is 23.8 Å². The Morgan fingerprint density at radius 3 is 2.32 bits per heavy atom. The molecular formula is C24H26N2O5. The summed E-state index contributed by atoms with van der Waals surface area (Å²) in [5.74, 6) is -0.00503. The fraction of sp³-hybridized carbons (Fsp3) is 0.250. The molecule has 0 radical (unpaired) electrons. The van der Waals surface area contributed by atoms with Gasteiger partial charge in [-0.15, -0.1) is 0 Å². The second-order valence-electron chi connectivity index (χ2n) is 7.09. The average molecular weight is 422 g/mol. The van der Waals surface area contributed by atoms with Gasteiger partial charge < -0.3 is 9.47 Å². The minimum atomic E-state index is -0.596. The van der Waals surface area contributed by atoms with Crippen LogP contribution in [0, 0.1) is 0 Å². The van der Waals surface area contributed by atoms with Gasteiger partial charge in [0.25, 0.3) is 5.91 Å². The number of hydrogen-bond donors (Lipinski definition) is 2. The first-order valence-electron chi connectivity index (χ1n) is 10.0. The Balaban J connectivity index is 1.64. The molecule has 162 valence electrons. The average Bonchev–Trinajstić information content (AvgIpc) is 2.82. The first-order valence-corrected chi connectivity index (χ1v) is 10.0. The second-order valence-corrected chi connectivity index (χ2v) is 7.09. The number of carbonyl (C=O) groups is 2. The summed E-state index contributed by atoms with van der Waals surface area (Å²) in [5, 5.41) is 8.49. The van der Waals surface area contributed by atoms with Gasteiger partial charge in [0.15, 0.2) is 5.78 Å². The third kappa shape index (κ3) is 6.62. The van der Waals surface area contributed by atoms with E-state index in [1.807, 2.05) is 36.4 Å². The van der Waals surface area contributed by atoms with E-state index in [0.29, 0.717) is 11.3 Å². The summed E-state index contributed by atoms with van der Waals surface area (Å²) in [7, 11) is 1.61. The summed E-state index contributed by atoms with van der Waals surface area (Å²) >= 11 is 0. The lowest BCUT2D eigenvalue weighted by atomic mass is 10.0. The van der Waals surface area contributed by atoms with E-state index in [1.165, 1.54) is 17.6 Å². The molecule has 2 N–H and O–H groups in total. The normalized spacial score (nSPS) is 14.8. The summed E-state index contributed by atoms with van der Waals surface area (Å²) < 4.78 is 10.9. The molecule has 0 spiro atoms. The van der Waals surface area contributed by atoms with Crippen LogP contribution in [-0.2, 0) is 16.1 Å². The zero-order valence-electron chi connectivity index (χ0n) is 17.4. The lowest BCUT2D eigenvalue weighted by Gasteiger charge is -2.27. The van der Waals surface area contributed by atoms with Gasteiger partial charge in [0.1, 0.15) is 5.75 Å². The maximum Gasteiger partial charge on any atom is 0.267 e. The van der Waals surface area contributed by atoms with Crippen molar-refractivity contribution in [2.75, 3.05) is 33.4 Å². The van der Waals surface area contributed by atoms with Crippen LogP contribution in [0.4, 0.5) is 0 Å². The molecule has 0 aromatic heterocycles. The first kappa shape index (κ1) is 22.4. The molecule has 0 atom stereocenters. The Morgan fingerprint density at radius 1 is 1.06 bits per heavy atom. The molecular weight excluding hydrogens is 396 g/mol. The quantitative estimate of drug-likeness (QED) is 0.294. The predicted molar refractivity (Wildman–Crippen MR) is 118 cm³/mol. The van der Waals surface area contributed by atoms with Crippen LogP contribution < -0.4 is 10.2 Å². The van der Waals surface area contributed by atoms with Crippen molar-refractivity contribution in [2.24, 2.45) is 0 Å². The van der Waals surface area contributed by atoms with Crippen molar-refractivity contribution < 1.29 is 24.3 Å². The van der Waals surface area contributed by atoms with E-state index >= 15 is 0 Å². The SMILES string of the molecule is COc1cc(C(=O)/C=C/c2ccc(/C=C/C(=O)NO)cc2)ccc1CN1CCOCC1. The standard InChI is InChI=1S/C24H26N2O5/c1-30-23-16-20(8-9-21(23)17-26-12-14-31-15-13-26)22(27)10-6-18-2-4-19(5-3-18)7-11-24(28)25-29/h2-11,16,29H,12-15,17H2,1H3,(H,25,28)/b10-6+,11-7+. The van der Waals surface area contributed by atoms with Gasteiger partial charge in [0.2, 0.25) is 0 Å². The van der Waals surface area contributed by atoms with Gasteiger partial charge in [0.05, 0.1) is 20.3 Å². The largest absolute Gasteiger partial charge is 0.496 e. The van der Waals surface area contributed by atoms with Gasteiger partial charge in [0, 0.05) is 36.8 Å². The number of rotatable bonds is 8. The number of ketones is 1. The highest BCUT2D eigenvalue weighted by molar-refractivity contribution is 6.07.